The molecule has 3 nitrogen and oxygen atoms in total. The number of hydrogen-bond donors (Lipinski definition) is 0. The van der Waals surface area contributed by atoms with Gasteiger partial charge in [-0.3, -0.25) is 4.90 Å². The lowest BCUT2D eigenvalue weighted by atomic mass is 9.96. The summed E-state index contributed by atoms with van der Waals surface area (Å²) in [5.41, 5.74) is 1.17. The van der Waals surface area contributed by atoms with E-state index in [4.69, 9.17) is 9.47 Å². The summed E-state index contributed by atoms with van der Waals surface area (Å²) in [5, 5.41) is 0. The van der Waals surface area contributed by atoms with Gasteiger partial charge in [0.2, 0.25) is 0 Å². The third-order valence-corrected chi connectivity index (χ3v) is 3.98. The predicted octanol–water partition coefficient (Wildman–Crippen LogP) is 2.41. The van der Waals surface area contributed by atoms with Gasteiger partial charge in [-0.15, -0.1) is 0 Å². The second-order valence-corrected chi connectivity index (χ2v) is 5.35. The van der Waals surface area contributed by atoms with Crippen molar-refractivity contribution >= 4 is 0 Å². The molecule has 0 radical (unpaired) electrons. The maximum absolute atomic E-state index is 12.8. The lowest BCUT2D eigenvalue weighted by molar-refractivity contribution is -0.0977. The second kappa shape index (κ2) is 5.99. The van der Waals surface area contributed by atoms with E-state index in [0.717, 1.165) is 45.7 Å². The third kappa shape index (κ3) is 3.32. The van der Waals surface area contributed by atoms with Crippen LogP contribution in [0.15, 0.2) is 24.3 Å². The normalized spacial score (nSPS) is 23.0. The largest absolute Gasteiger partial charge is 0.350 e. The summed E-state index contributed by atoms with van der Waals surface area (Å²) in [6, 6.07) is 6.79. The lowest BCUT2D eigenvalue weighted by Crippen LogP contribution is -2.37. The number of piperidine rings is 1. The summed E-state index contributed by atoms with van der Waals surface area (Å²) < 4.78 is 24.0. The number of halogens is 1. The molecule has 2 heterocycles. The van der Waals surface area contributed by atoms with Crippen molar-refractivity contribution in [1.29, 1.82) is 0 Å². The molecule has 1 aromatic carbocycles. The molecule has 4 heteroatoms. The third-order valence-electron chi connectivity index (χ3n) is 3.98. The molecule has 0 aromatic heterocycles. The first-order chi connectivity index (χ1) is 9.31. The van der Waals surface area contributed by atoms with Crippen molar-refractivity contribution in [3.8, 4) is 0 Å². The fourth-order valence-corrected chi connectivity index (χ4v) is 2.88. The molecular formula is C15H20FNO2. The first kappa shape index (κ1) is 13.0. The maximum atomic E-state index is 12.8. The fraction of sp³-hybridized carbons (Fsp3) is 0.600. The van der Waals surface area contributed by atoms with Crippen molar-refractivity contribution in [3.63, 3.8) is 0 Å². The van der Waals surface area contributed by atoms with Gasteiger partial charge in [-0.25, -0.2) is 4.39 Å². The first-order valence-electron chi connectivity index (χ1n) is 7.01. The number of rotatable bonds is 3. The Morgan fingerprint density at radius 2 is 1.68 bits per heavy atom. The van der Waals surface area contributed by atoms with Crippen LogP contribution in [0.5, 0.6) is 0 Å². The Kier molecular flexibility index (Phi) is 4.11. The molecule has 3 rings (SSSR count). The highest BCUT2D eigenvalue weighted by Gasteiger charge is 2.30. The van der Waals surface area contributed by atoms with Gasteiger partial charge in [0.1, 0.15) is 5.82 Å². The summed E-state index contributed by atoms with van der Waals surface area (Å²) in [6.45, 7) is 4.50. The number of likely N-dealkylation sites (tertiary alicyclic amines) is 1. The van der Waals surface area contributed by atoms with Gasteiger partial charge >= 0.3 is 0 Å². The second-order valence-electron chi connectivity index (χ2n) is 5.35. The minimum Gasteiger partial charge on any atom is -0.350 e. The molecule has 0 atom stereocenters. The molecule has 0 amide bonds. The fourth-order valence-electron chi connectivity index (χ4n) is 2.88. The predicted molar refractivity (Wildman–Crippen MR) is 70.1 cm³/mol. The molecule has 0 aliphatic carbocycles. The van der Waals surface area contributed by atoms with Crippen LogP contribution in [0.2, 0.25) is 0 Å². The zero-order valence-electron chi connectivity index (χ0n) is 11.1. The van der Waals surface area contributed by atoms with E-state index in [9.17, 15) is 4.39 Å². The lowest BCUT2D eigenvalue weighted by Gasteiger charge is -2.33. The van der Waals surface area contributed by atoms with Gasteiger partial charge in [0.15, 0.2) is 6.29 Å². The van der Waals surface area contributed by atoms with Gasteiger partial charge < -0.3 is 9.47 Å². The highest BCUT2D eigenvalue weighted by molar-refractivity contribution is 5.15. The van der Waals surface area contributed by atoms with Crippen LogP contribution in [0.4, 0.5) is 4.39 Å². The Morgan fingerprint density at radius 1 is 1.05 bits per heavy atom. The van der Waals surface area contributed by atoms with Crippen LogP contribution >= 0.6 is 0 Å². The SMILES string of the molecule is Fc1ccc(CN2CCC(C3OCCO3)CC2)cc1. The molecule has 2 fully saturated rings. The molecule has 2 saturated heterocycles. The van der Waals surface area contributed by atoms with Crippen LogP contribution in [0.1, 0.15) is 18.4 Å². The van der Waals surface area contributed by atoms with Crippen LogP contribution in [0, 0.1) is 11.7 Å². The Hall–Kier alpha value is -0.970. The Balaban J connectivity index is 1.48. The molecule has 104 valence electrons. The quantitative estimate of drug-likeness (QED) is 0.837. The summed E-state index contributed by atoms with van der Waals surface area (Å²) in [7, 11) is 0. The van der Waals surface area contributed by atoms with Gasteiger partial charge in [0, 0.05) is 12.5 Å². The average Bonchev–Trinajstić information content (AvgIpc) is 2.96. The van der Waals surface area contributed by atoms with Crippen LogP contribution in [-0.4, -0.2) is 37.5 Å². The summed E-state index contributed by atoms with van der Waals surface area (Å²) >= 11 is 0. The maximum Gasteiger partial charge on any atom is 0.160 e. The Morgan fingerprint density at radius 3 is 2.32 bits per heavy atom. The molecule has 0 saturated carbocycles. The van der Waals surface area contributed by atoms with Gasteiger partial charge in [0.05, 0.1) is 13.2 Å². The summed E-state index contributed by atoms with van der Waals surface area (Å²) in [4.78, 5) is 2.42. The number of ether oxygens (including phenoxy) is 2. The molecular weight excluding hydrogens is 245 g/mol. The average molecular weight is 265 g/mol. The molecule has 2 aliphatic heterocycles. The van der Waals surface area contributed by atoms with Gasteiger partial charge in [0.25, 0.3) is 0 Å². The van der Waals surface area contributed by atoms with E-state index in [1.165, 1.54) is 17.7 Å². The number of hydrogen-bond acceptors (Lipinski definition) is 3. The number of nitrogens with zero attached hydrogens (tertiary/aromatic N) is 1. The van der Waals surface area contributed by atoms with Crippen LogP contribution in [0.25, 0.3) is 0 Å². The van der Waals surface area contributed by atoms with Crippen molar-refractivity contribution in [2.75, 3.05) is 26.3 Å². The minimum atomic E-state index is -0.169. The van der Waals surface area contributed by atoms with Crippen molar-refractivity contribution in [2.45, 2.75) is 25.7 Å². The van der Waals surface area contributed by atoms with E-state index >= 15 is 0 Å². The zero-order chi connectivity index (χ0) is 13.1. The van der Waals surface area contributed by atoms with E-state index in [-0.39, 0.29) is 12.1 Å². The molecule has 1 aromatic rings. The van der Waals surface area contributed by atoms with E-state index in [0.29, 0.717) is 5.92 Å². The van der Waals surface area contributed by atoms with E-state index < -0.39 is 0 Å². The Bertz CT molecular complexity index is 395. The molecule has 19 heavy (non-hydrogen) atoms. The zero-order valence-corrected chi connectivity index (χ0v) is 11.1. The van der Waals surface area contributed by atoms with Crippen molar-refractivity contribution in [1.82, 2.24) is 4.90 Å². The molecule has 0 unspecified atom stereocenters. The molecule has 0 spiro atoms. The van der Waals surface area contributed by atoms with Crippen molar-refractivity contribution in [2.24, 2.45) is 5.92 Å². The van der Waals surface area contributed by atoms with Gasteiger partial charge in [-0.1, -0.05) is 12.1 Å². The molecule has 0 N–H and O–H groups in total. The smallest absolute Gasteiger partial charge is 0.160 e. The molecule has 2 aliphatic rings. The Labute approximate surface area is 113 Å². The standard InChI is InChI=1S/C15H20FNO2/c16-14-3-1-12(2-4-14)11-17-7-5-13(6-8-17)15-18-9-10-19-15/h1-4,13,15H,5-11H2. The van der Waals surface area contributed by atoms with Gasteiger partial charge in [-0.2, -0.15) is 0 Å². The van der Waals surface area contributed by atoms with Gasteiger partial charge in [-0.05, 0) is 43.6 Å². The van der Waals surface area contributed by atoms with E-state index in [1.807, 2.05) is 12.1 Å². The van der Waals surface area contributed by atoms with E-state index in [2.05, 4.69) is 4.90 Å². The minimum absolute atomic E-state index is 0.0213. The highest BCUT2D eigenvalue weighted by Crippen LogP contribution is 2.26. The summed E-state index contributed by atoms with van der Waals surface area (Å²) in [5.74, 6) is 0.366. The van der Waals surface area contributed by atoms with Crippen LogP contribution in [-0.2, 0) is 16.0 Å². The first-order valence-corrected chi connectivity index (χ1v) is 7.01. The summed E-state index contributed by atoms with van der Waals surface area (Å²) in [6.07, 6.45) is 2.26. The topological polar surface area (TPSA) is 21.7 Å². The van der Waals surface area contributed by atoms with Crippen LogP contribution in [0.3, 0.4) is 0 Å². The van der Waals surface area contributed by atoms with Crippen molar-refractivity contribution < 1.29 is 13.9 Å². The van der Waals surface area contributed by atoms with Crippen molar-refractivity contribution in [3.05, 3.63) is 35.6 Å². The monoisotopic (exact) mass is 265 g/mol. The van der Waals surface area contributed by atoms with E-state index in [1.54, 1.807) is 0 Å². The number of benzene rings is 1. The highest BCUT2D eigenvalue weighted by atomic mass is 19.1. The molecule has 0 bridgehead atoms. The van der Waals surface area contributed by atoms with Crippen LogP contribution < -0.4 is 0 Å².